The fourth-order valence-corrected chi connectivity index (χ4v) is 2.89. The Morgan fingerprint density at radius 2 is 1.74 bits per heavy atom. The van der Waals surface area contributed by atoms with Crippen molar-refractivity contribution >= 4 is 16.9 Å². The number of aryl methyl sites for hydroxylation is 4. The van der Waals surface area contributed by atoms with Crippen LogP contribution >= 0.6 is 0 Å². The van der Waals surface area contributed by atoms with Gasteiger partial charge in [-0.25, -0.2) is 4.79 Å². The Labute approximate surface area is 157 Å². The summed E-state index contributed by atoms with van der Waals surface area (Å²) in [4.78, 5) is 23.8. The highest BCUT2D eigenvalue weighted by Gasteiger charge is 2.13. The Bertz CT molecular complexity index is 1060. The summed E-state index contributed by atoms with van der Waals surface area (Å²) < 4.78 is 16.4. The quantitative estimate of drug-likeness (QED) is 0.380. The monoisotopic (exact) mass is 366 g/mol. The van der Waals surface area contributed by atoms with Gasteiger partial charge < -0.3 is 13.9 Å². The van der Waals surface area contributed by atoms with Crippen LogP contribution in [0.15, 0.2) is 45.6 Å². The van der Waals surface area contributed by atoms with E-state index in [9.17, 15) is 9.59 Å². The van der Waals surface area contributed by atoms with Gasteiger partial charge in [0, 0.05) is 17.0 Å². The van der Waals surface area contributed by atoms with E-state index in [1.54, 1.807) is 19.1 Å². The van der Waals surface area contributed by atoms with Crippen molar-refractivity contribution in [2.45, 2.75) is 34.1 Å². The summed E-state index contributed by atoms with van der Waals surface area (Å²) >= 11 is 0. The maximum Gasteiger partial charge on any atom is 0.336 e. The topological polar surface area (TPSA) is 65.7 Å². The minimum atomic E-state index is -0.423. The van der Waals surface area contributed by atoms with Gasteiger partial charge in [0.2, 0.25) is 0 Å². The summed E-state index contributed by atoms with van der Waals surface area (Å²) in [6.45, 7) is 7.78. The normalized spacial score (nSPS) is 10.8. The Morgan fingerprint density at radius 3 is 2.52 bits per heavy atom. The standard InChI is InChI=1S/C22H22O5/c1-13-5-6-14(2)19(11-13)25-10-9-20(23)26-18-8-7-17-15(3)12-21(24)27-22(17)16(18)4/h5-8,11-12H,9-10H2,1-4H3. The smallest absolute Gasteiger partial charge is 0.336 e. The average Bonchev–Trinajstić information content (AvgIpc) is 2.61. The fourth-order valence-electron chi connectivity index (χ4n) is 2.89. The Kier molecular flexibility index (Phi) is 5.31. The minimum Gasteiger partial charge on any atom is -0.493 e. The van der Waals surface area contributed by atoms with Gasteiger partial charge in [-0.05, 0) is 62.6 Å². The van der Waals surface area contributed by atoms with E-state index in [0.29, 0.717) is 16.9 Å². The van der Waals surface area contributed by atoms with Gasteiger partial charge in [0.1, 0.15) is 17.1 Å². The zero-order valence-corrected chi connectivity index (χ0v) is 15.9. The van der Waals surface area contributed by atoms with Crippen molar-refractivity contribution in [1.29, 1.82) is 0 Å². The van der Waals surface area contributed by atoms with Gasteiger partial charge in [0.05, 0.1) is 13.0 Å². The van der Waals surface area contributed by atoms with Crippen LogP contribution in [0.1, 0.15) is 28.7 Å². The molecule has 1 aromatic heterocycles. The van der Waals surface area contributed by atoms with E-state index in [0.717, 1.165) is 27.8 Å². The van der Waals surface area contributed by atoms with Crippen molar-refractivity contribution in [1.82, 2.24) is 0 Å². The molecule has 0 N–H and O–H groups in total. The van der Waals surface area contributed by atoms with Crippen molar-refractivity contribution in [2.24, 2.45) is 0 Å². The number of hydrogen-bond acceptors (Lipinski definition) is 5. The van der Waals surface area contributed by atoms with Gasteiger partial charge >= 0.3 is 11.6 Å². The first-order valence-electron chi connectivity index (χ1n) is 8.80. The van der Waals surface area contributed by atoms with Crippen LogP contribution in [0.3, 0.4) is 0 Å². The molecule has 0 amide bonds. The minimum absolute atomic E-state index is 0.114. The van der Waals surface area contributed by atoms with Crippen LogP contribution in [0.25, 0.3) is 11.0 Å². The molecule has 0 spiro atoms. The third kappa shape index (κ3) is 4.19. The number of carbonyl (C=O) groups is 1. The van der Waals surface area contributed by atoms with E-state index >= 15 is 0 Å². The highest BCUT2D eigenvalue weighted by molar-refractivity contribution is 5.86. The average molecular weight is 366 g/mol. The summed E-state index contributed by atoms with van der Waals surface area (Å²) in [6, 6.07) is 10.9. The number of carbonyl (C=O) groups excluding carboxylic acids is 1. The molecule has 0 bridgehead atoms. The second kappa shape index (κ2) is 7.66. The Hall–Kier alpha value is -3.08. The van der Waals surface area contributed by atoms with Crippen molar-refractivity contribution in [3.05, 3.63) is 69.1 Å². The molecule has 140 valence electrons. The largest absolute Gasteiger partial charge is 0.493 e. The van der Waals surface area contributed by atoms with Crippen LogP contribution in [0.2, 0.25) is 0 Å². The van der Waals surface area contributed by atoms with Crippen LogP contribution in [-0.4, -0.2) is 12.6 Å². The zero-order valence-electron chi connectivity index (χ0n) is 15.9. The predicted molar refractivity (Wildman–Crippen MR) is 104 cm³/mol. The summed E-state index contributed by atoms with van der Waals surface area (Å²) in [6.07, 6.45) is 0.114. The number of ether oxygens (including phenoxy) is 2. The maximum atomic E-state index is 12.2. The molecule has 0 saturated heterocycles. The van der Waals surface area contributed by atoms with E-state index in [4.69, 9.17) is 13.9 Å². The van der Waals surface area contributed by atoms with Crippen LogP contribution in [0.4, 0.5) is 0 Å². The second-order valence-corrected chi connectivity index (χ2v) is 6.66. The van der Waals surface area contributed by atoms with Gasteiger partial charge in [-0.1, -0.05) is 12.1 Å². The lowest BCUT2D eigenvalue weighted by Crippen LogP contribution is -2.13. The van der Waals surface area contributed by atoms with Crippen molar-refractivity contribution in [3.8, 4) is 11.5 Å². The molecule has 3 rings (SSSR count). The highest BCUT2D eigenvalue weighted by atomic mass is 16.5. The van der Waals surface area contributed by atoms with Gasteiger partial charge in [-0.3, -0.25) is 4.79 Å². The second-order valence-electron chi connectivity index (χ2n) is 6.66. The molecule has 0 atom stereocenters. The number of hydrogen-bond donors (Lipinski definition) is 0. The van der Waals surface area contributed by atoms with Gasteiger partial charge in [0.25, 0.3) is 0 Å². The molecule has 5 nitrogen and oxygen atoms in total. The highest BCUT2D eigenvalue weighted by Crippen LogP contribution is 2.28. The Balaban J connectivity index is 1.68. The Morgan fingerprint density at radius 1 is 0.963 bits per heavy atom. The van der Waals surface area contributed by atoms with E-state index in [2.05, 4.69) is 0 Å². The van der Waals surface area contributed by atoms with Crippen molar-refractivity contribution in [2.75, 3.05) is 6.61 Å². The maximum absolute atomic E-state index is 12.2. The van der Waals surface area contributed by atoms with Gasteiger partial charge in [-0.15, -0.1) is 0 Å². The van der Waals surface area contributed by atoms with Crippen molar-refractivity contribution in [3.63, 3.8) is 0 Å². The summed E-state index contributed by atoms with van der Waals surface area (Å²) in [5, 5.41) is 0.824. The molecule has 0 saturated carbocycles. The van der Waals surface area contributed by atoms with Crippen LogP contribution in [0.5, 0.6) is 11.5 Å². The molecule has 0 aliphatic carbocycles. The lowest BCUT2D eigenvalue weighted by Gasteiger charge is -2.11. The summed E-state index contributed by atoms with van der Waals surface area (Å²) in [7, 11) is 0. The number of benzene rings is 2. The molecule has 0 fully saturated rings. The molecule has 0 unspecified atom stereocenters. The molecule has 0 aliphatic heterocycles. The molecule has 2 aromatic carbocycles. The van der Waals surface area contributed by atoms with E-state index < -0.39 is 11.6 Å². The van der Waals surface area contributed by atoms with Crippen LogP contribution < -0.4 is 15.1 Å². The van der Waals surface area contributed by atoms with Crippen molar-refractivity contribution < 1.29 is 18.7 Å². The number of rotatable bonds is 5. The lowest BCUT2D eigenvalue weighted by molar-refractivity contribution is -0.134. The lowest BCUT2D eigenvalue weighted by atomic mass is 10.1. The first-order chi connectivity index (χ1) is 12.8. The van der Waals surface area contributed by atoms with Gasteiger partial charge in [0.15, 0.2) is 0 Å². The molecule has 0 radical (unpaired) electrons. The third-order valence-corrected chi connectivity index (χ3v) is 4.45. The molecule has 1 heterocycles. The summed E-state index contributed by atoms with van der Waals surface area (Å²) in [5.41, 5.74) is 3.58. The van der Waals surface area contributed by atoms with Gasteiger partial charge in [-0.2, -0.15) is 0 Å². The first-order valence-corrected chi connectivity index (χ1v) is 8.80. The SMILES string of the molecule is Cc1ccc(C)c(OCCC(=O)Oc2ccc3c(C)cc(=O)oc3c2C)c1. The number of esters is 1. The fraction of sp³-hybridized carbons (Fsp3) is 0.273. The molecular formula is C22H22O5. The van der Waals surface area contributed by atoms with E-state index in [1.807, 2.05) is 39.0 Å². The molecule has 0 aliphatic rings. The molecule has 3 aromatic rings. The molecular weight excluding hydrogens is 344 g/mol. The molecule has 5 heteroatoms. The molecule has 27 heavy (non-hydrogen) atoms. The number of fused-ring (bicyclic) bond motifs is 1. The summed E-state index contributed by atoms with van der Waals surface area (Å²) in [5.74, 6) is 0.743. The van der Waals surface area contributed by atoms with Crippen LogP contribution in [0, 0.1) is 27.7 Å². The predicted octanol–water partition coefficient (Wildman–Crippen LogP) is 4.40. The third-order valence-electron chi connectivity index (χ3n) is 4.45. The zero-order chi connectivity index (χ0) is 19.6. The van der Waals surface area contributed by atoms with E-state index in [-0.39, 0.29) is 13.0 Å². The van der Waals surface area contributed by atoms with E-state index in [1.165, 1.54) is 6.07 Å². The first kappa shape index (κ1) is 18.7. The van der Waals surface area contributed by atoms with Crippen LogP contribution in [-0.2, 0) is 4.79 Å².